The van der Waals surface area contributed by atoms with E-state index in [-0.39, 0.29) is 7.43 Å². The minimum absolute atomic E-state index is 0. The Balaban J connectivity index is -0.000000309. The fraction of sp³-hybridized carbons (Fsp3) is 1.00. The Morgan fingerprint density at radius 2 is 1.08 bits per heavy atom. The number of hydrogen-bond donors (Lipinski definition) is 1. The first kappa shape index (κ1) is 18.8. The van der Waals surface area contributed by atoms with E-state index in [1.54, 1.807) is 0 Å². The van der Waals surface area contributed by atoms with Gasteiger partial charge in [0.25, 0.3) is 0 Å². The van der Waals surface area contributed by atoms with Crippen LogP contribution in [0.1, 0.15) is 28.2 Å². The monoisotopic (exact) mass is 211 g/mol. The van der Waals surface area contributed by atoms with Crippen LogP contribution < -0.4 is 5.73 Å². The Kier molecular flexibility index (Phi) is 25.9. The summed E-state index contributed by atoms with van der Waals surface area (Å²) in [7, 11) is -0.234. The van der Waals surface area contributed by atoms with Crippen LogP contribution in [0.2, 0.25) is 0 Å². The maximum absolute atomic E-state index is 5.22. The van der Waals surface area contributed by atoms with E-state index in [0.717, 1.165) is 0 Å². The molecule has 0 saturated heterocycles. The van der Waals surface area contributed by atoms with Gasteiger partial charge in [0.05, 0.1) is 0 Å². The maximum Gasteiger partial charge on any atom is 0.484 e. The summed E-state index contributed by atoms with van der Waals surface area (Å²) < 4.78 is 15.7. The van der Waals surface area contributed by atoms with Gasteiger partial charge < -0.3 is 19.0 Å². The molecule has 0 aliphatic rings. The maximum atomic E-state index is 5.22. The van der Waals surface area contributed by atoms with Crippen LogP contribution in [0.15, 0.2) is 0 Å². The Bertz CT molecular complexity index is 62.1. The van der Waals surface area contributed by atoms with Gasteiger partial charge in [0.15, 0.2) is 0 Å². The molecule has 0 rings (SSSR count). The second-order valence-corrected chi connectivity index (χ2v) is 3.23. The molecule has 5 heteroatoms. The van der Waals surface area contributed by atoms with Crippen LogP contribution in [0.25, 0.3) is 0 Å². The van der Waals surface area contributed by atoms with Gasteiger partial charge in [-0.3, -0.25) is 0 Å². The van der Waals surface area contributed by atoms with E-state index in [2.05, 4.69) is 5.73 Å². The number of nitrogens with two attached hydrogens (primary N) is 1. The van der Waals surface area contributed by atoms with Crippen molar-refractivity contribution in [1.82, 2.24) is 0 Å². The van der Waals surface area contributed by atoms with Gasteiger partial charge in [0, 0.05) is 19.8 Å². The molecule has 0 atom stereocenters. The van der Waals surface area contributed by atoms with Crippen LogP contribution in [0.5, 0.6) is 0 Å². The second kappa shape index (κ2) is 18.0. The number of rotatable bonds is 6. The third-order valence-electron chi connectivity index (χ3n) is 0.908. The predicted octanol–water partition coefficient (Wildman–Crippen LogP) is 1.02. The molecule has 4 nitrogen and oxygen atoms in total. The molecular formula is C8H25NO3Si. The summed E-state index contributed by atoms with van der Waals surface area (Å²) in [5.74, 6) is 0. The summed E-state index contributed by atoms with van der Waals surface area (Å²) in [5.41, 5.74) is 4.50. The van der Waals surface area contributed by atoms with Gasteiger partial charge in [-0.05, 0) is 27.8 Å². The molecule has 0 unspecified atom stereocenters. The third kappa shape index (κ3) is 14.9. The Morgan fingerprint density at radius 3 is 1.23 bits per heavy atom. The van der Waals surface area contributed by atoms with Gasteiger partial charge in [-0.25, -0.2) is 0 Å². The van der Waals surface area contributed by atoms with E-state index < -0.39 is 9.53 Å². The van der Waals surface area contributed by atoms with Crippen molar-refractivity contribution in [1.29, 1.82) is 0 Å². The molecule has 0 saturated carbocycles. The lowest BCUT2D eigenvalue weighted by Crippen LogP contribution is -2.27. The molecule has 0 aliphatic heterocycles. The van der Waals surface area contributed by atoms with Crippen molar-refractivity contribution in [3.8, 4) is 0 Å². The van der Waals surface area contributed by atoms with E-state index in [1.165, 1.54) is 7.05 Å². The topological polar surface area (TPSA) is 53.7 Å². The molecule has 2 N–H and O–H groups in total. The van der Waals surface area contributed by atoms with E-state index >= 15 is 0 Å². The highest BCUT2D eigenvalue weighted by molar-refractivity contribution is 6.36. The second-order valence-electron chi connectivity index (χ2n) is 1.65. The van der Waals surface area contributed by atoms with Gasteiger partial charge in [-0.1, -0.05) is 7.43 Å². The lowest BCUT2D eigenvalue weighted by molar-refractivity contribution is 0.107. The molecule has 13 heavy (non-hydrogen) atoms. The van der Waals surface area contributed by atoms with E-state index in [1.807, 2.05) is 20.8 Å². The van der Waals surface area contributed by atoms with Gasteiger partial charge in [0.2, 0.25) is 0 Å². The molecule has 84 valence electrons. The molecule has 0 aromatic carbocycles. The zero-order chi connectivity index (χ0) is 9.82. The highest BCUT2D eigenvalue weighted by Gasteiger charge is 2.11. The van der Waals surface area contributed by atoms with Crippen LogP contribution in [0, 0.1) is 0 Å². The first-order valence-corrected chi connectivity index (χ1v) is 5.69. The average Bonchev–Trinajstić information content (AvgIpc) is 2.10. The summed E-state index contributed by atoms with van der Waals surface area (Å²) in [6.45, 7) is 7.86. The van der Waals surface area contributed by atoms with Crippen molar-refractivity contribution in [2.45, 2.75) is 28.2 Å². The lowest BCUT2D eigenvalue weighted by Gasteiger charge is -2.12. The average molecular weight is 211 g/mol. The lowest BCUT2D eigenvalue weighted by atomic mass is 10.9. The SMILES string of the molecule is C.CCO[SiH](OCC)OCC.CN. The summed E-state index contributed by atoms with van der Waals surface area (Å²) in [6, 6.07) is 0. The minimum Gasteiger partial charge on any atom is -0.376 e. The summed E-state index contributed by atoms with van der Waals surface area (Å²) >= 11 is 0. The molecule has 0 aliphatic carbocycles. The third-order valence-corrected chi connectivity index (χ3v) is 2.72. The van der Waals surface area contributed by atoms with Gasteiger partial charge in [0.1, 0.15) is 0 Å². The van der Waals surface area contributed by atoms with Crippen LogP contribution in [0.3, 0.4) is 0 Å². The van der Waals surface area contributed by atoms with Crippen molar-refractivity contribution in [2.24, 2.45) is 5.73 Å². The predicted molar refractivity (Wildman–Crippen MR) is 58.9 cm³/mol. The standard InChI is InChI=1S/C6H16O3Si.CH5N.CH4/c1-4-7-10(8-5-2)9-6-3;1-2;/h10H,4-6H2,1-3H3;2H2,1H3;1H4. The molecule has 0 aromatic heterocycles. The molecule has 0 fully saturated rings. The highest BCUT2D eigenvalue weighted by atomic mass is 28.3. The van der Waals surface area contributed by atoms with Crippen molar-refractivity contribution in [3.05, 3.63) is 0 Å². The highest BCUT2D eigenvalue weighted by Crippen LogP contribution is 1.90. The Labute approximate surface area is 84.3 Å². The smallest absolute Gasteiger partial charge is 0.376 e. The fourth-order valence-corrected chi connectivity index (χ4v) is 1.66. The number of hydrogen-bond acceptors (Lipinski definition) is 4. The molecule has 0 spiro atoms. The van der Waals surface area contributed by atoms with E-state index in [0.29, 0.717) is 19.8 Å². The van der Waals surface area contributed by atoms with Crippen molar-refractivity contribution in [2.75, 3.05) is 26.9 Å². The van der Waals surface area contributed by atoms with Crippen LogP contribution in [-0.2, 0) is 13.3 Å². The molecule has 0 aromatic rings. The zero-order valence-corrected chi connectivity index (χ0v) is 9.66. The molecule has 0 bridgehead atoms. The Hall–Kier alpha value is 0.0569. The molecule has 0 amide bonds. The first-order chi connectivity index (χ1) is 5.85. The van der Waals surface area contributed by atoms with Gasteiger partial charge in [-0.2, -0.15) is 0 Å². The largest absolute Gasteiger partial charge is 0.484 e. The van der Waals surface area contributed by atoms with Gasteiger partial charge >= 0.3 is 9.53 Å². The minimum atomic E-state index is -1.73. The Morgan fingerprint density at radius 1 is 0.846 bits per heavy atom. The van der Waals surface area contributed by atoms with E-state index in [9.17, 15) is 0 Å². The van der Waals surface area contributed by atoms with Crippen LogP contribution in [-0.4, -0.2) is 36.4 Å². The molecule has 0 heterocycles. The molecule has 0 radical (unpaired) electrons. The fourth-order valence-electron chi connectivity index (χ4n) is 0.553. The summed E-state index contributed by atoms with van der Waals surface area (Å²) in [5, 5.41) is 0. The van der Waals surface area contributed by atoms with E-state index in [4.69, 9.17) is 13.3 Å². The normalized spacial score (nSPS) is 8.77. The van der Waals surface area contributed by atoms with Crippen molar-refractivity contribution >= 4 is 9.53 Å². The summed E-state index contributed by atoms with van der Waals surface area (Å²) in [4.78, 5) is 0. The van der Waals surface area contributed by atoms with Gasteiger partial charge in [-0.15, -0.1) is 0 Å². The van der Waals surface area contributed by atoms with Crippen LogP contribution in [0.4, 0.5) is 0 Å². The van der Waals surface area contributed by atoms with Crippen molar-refractivity contribution < 1.29 is 13.3 Å². The summed E-state index contributed by atoms with van der Waals surface area (Å²) in [6.07, 6.45) is 0. The first-order valence-electron chi connectivity index (χ1n) is 4.27. The molecular weight excluding hydrogens is 186 g/mol. The quantitative estimate of drug-likeness (QED) is 0.667. The van der Waals surface area contributed by atoms with Crippen molar-refractivity contribution in [3.63, 3.8) is 0 Å². The zero-order valence-electron chi connectivity index (χ0n) is 8.50. The van der Waals surface area contributed by atoms with Crippen LogP contribution >= 0.6 is 0 Å².